The highest BCUT2D eigenvalue weighted by Gasteiger charge is 2.02. The maximum Gasteiger partial charge on any atom is 0.303 e. The Bertz CT molecular complexity index is 433. The van der Waals surface area contributed by atoms with E-state index in [1.165, 1.54) is 83.5 Å². The summed E-state index contributed by atoms with van der Waals surface area (Å²) in [5.74, 6) is -0.275. The Morgan fingerprint density at radius 1 is 0.438 bits per heavy atom. The molecular formula is C28H51O4. The molecule has 1 N–H and O–H groups in total. The molecule has 0 spiro atoms. The third-order valence-corrected chi connectivity index (χ3v) is 6.33. The fourth-order valence-corrected chi connectivity index (χ4v) is 4.25. The number of aliphatic carboxylic acids is 1. The highest BCUT2D eigenvalue weighted by molar-refractivity contribution is 5.78. The quantitative estimate of drug-likeness (QED) is 0.127. The summed E-state index contributed by atoms with van der Waals surface area (Å²) in [5, 5.41) is 8.59. The summed E-state index contributed by atoms with van der Waals surface area (Å²) < 4.78 is 0. The van der Waals surface area contributed by atoms with Crippen LogP contribution >= 0.6 is 0 Å². The van der Waals surface area contributed by atoms with Crippen LogP contribution in [0.4, 0.5) is 0 Å². The van der Waals surface area contributed by atoms with Gasteiger partial charge in [0.2, 0.25) is 0 Å². The molecule has 1 radical (unpaired) electrons. The van der Waals surface area contributed by atoms with E-state index in [1.807, 2.05) is 6.29 Å². The lowest BCUT2D eigenvalue weighted by molar-refractivity contribution is -0.137. The molecule has 0 aliphatic heterocycles. The van der Waals surface area contributed by atoms with Crippen LogP contribution in [-0.4, -0.2) is 23.1 Å². The van der Waals surface area contributed by atoms with Crippen molar-refractivity contribution in [2.75, 3.05) is 0 Å². The first-order valence-corrected chi connectivity index (χ1v) is 13.8. The van der Waals surface area contributed by atoms with Gasteiger partial charge in [0.05, 0.1) is 0 Å². The monoisotopic (exact) mass is 451 g/mol. The highest BCUT2D eigenvalue weighted by atomic mass is 16.4. The number of hydrogen-bond donors (Lipinski definition) is 1. The van der Waals surface area contributed by atoms with Gasteiger partial charge in [-0.2, -0.15) is 0 Å². The lowest BCUT2D eigenvalue weighted by Crippen LogP contribution is -1.97. The number of carboxylic acids is 1. The van der Waals surface area contributed by atoms with Crippen LogP contribution in [-0.2, 0) is 14.4 Å². The zero-order chi connectivity index (χ0) is 23.5. The molecule has 4 nitrogen and oxygen atoms in total. The Hall–Kier alpha value is -1.19. The number of ketones is 1. The van der Waals surface area contributed by atoms with Crippen molar-refractivity contribution in [3.63, 3.8) is 0 Å². The second-order valence-electron chi connectivity index (χ2n) is 9.50. The van der Waals surface area contributed by atoms with Gasteiger partial charge in [-0.05, 0) is 25.7 Å². The van der Waals surface area contributed by atoms with Crippen LogP contribution in [0.25, 0.3) is 0 Å². The molecule has 0 aliphatic carbocycles. The summed E-state index contributed by atoms with van der Waals surface area (Å²) in [5.41, 5.74) is 0. The molecule has 187 valence electrons. The zero-order valence-electron chi connectivity index (χ0n) is 20.8. The van der Waals surface area contributed by atoms with E-state index >= 15 is 0 Å². The first kappa shape index (κ1) is 30.8. The Morgan fingerprint density at radius 2 is 0.719 bits per heavy atom. The molecule has 0 aromatic carbocycles. The molecule has 4 heteroatoms. The molecule has 32 heavy (non-hydrogen) atoms. The van der Waals surface area contributed by atoms with Gasteiger partial charge < -0.3 is 5.11 Å². The highest BCUT2D eigenvalue weighted by Crippen LogP contribution is 2.15. The lowest BCUT2D eigenvalue weighted by Gasteiger charge is -2.04. The van der Waals surface area contributed by atoms with Crippen LogP contribution in [0.3, 0.4) is 0 Å². The Balaban J connectivity index is 3.15. The molecule has 0 aliphatic rings. The fraction of sp³-hybridized carbons (Fsp3) is 0.893. The maximum atomic E-state index is 11.9. The number of rotatable bonds is 27. The first-order chi connectivity index (χ1) is 15.7. The van der Waals surface area contributed by atoms with Gasteiger partial charge in [0.1, 0.15) is 5.78 Å². The predicted molar refractivity (Wildman–Crippen MR) is 134 cm³/mol. The molecule has 0 unspecified atom stereocenters. The van der Waals surface area contributed by atoms with Crippen LogP contribution in [0.1, 0.15) is 161 Å². The van der Waals surface area contributed by atoms with E-state index in [9.17, 15) is 14.4 Å². The number of hydrogen-bond acceptors (Lipinski definition) is 3. The largest absolute Gasteiger partial charge is 0.481 e. The summed E-state index contributed by atoms with van der Waals surface area (Å²) in [6, 6.07) is 0. The van der Waals surface area contributed by atoms with Crippen LogP contribution in [0.2, 0.25) is 0 Å². The van der Waals surface area contributed by atoms with Crippen molar-refractivity contribution >= 4 is 18.0 Å². The standard InChI is InChI=1S/C28H51O4/c29-26-22-18-14-10-8-6-4-2-1-3-5-7-9-11-15-19-23-27(30)24-20-16-12-13-17-21-25-28(31)32/h1-25H2,(H,31,32). The molecule has 0 aromatic heterocycles. The second kappa shape index (κ2) is 26.1. The number of unbranched alkanes of at least 4 members (excludes halogenated alkanes) is 20. The lowest BCUT2D eigenvalue weighted by atomic mass is 10.0. The number of carboxylic acid groups (broad SMARTS) is 1. The molecule has 0 amide bonds. The minimum atomic E-state index is -0.702. The van der Waals surface area contributed by atoms with E-state index in [4.69, 9.17) is 5.11 Å². The minimum Gasteiger partial charge on any atom is -0.481 e. The van der Waals surface area contributed by atoms with E-state index < -0.39 is 5.97 Å². The molecule has 0 atom stereocenters. The summed E-state index contributed by atoms with van der Waals surface area (Å²) in [6.07, 6.45) is 29.5. The summed E-state index contributed by atoms with van der Waals surface area (Å²) >= 11 is 0. The van der Waals surface area contributed by atoms with Gasteiger partial charge >= 0.3 is 5.97 Å². The van der Waals surface area contributed by atoms with E-state index in [0.29, 0.717) is 12.2 Å². The van der Waals surface area contributed by atoms with Crippen molar-refractivity contribution in [2.45, 2.75) is 161 Å². The summed E-state index contributed by atoms with van der Waals surface area (Å²) in [4.78, 5) is 32.5. The predicted octanol–water partition coefficient (Wildman–Crippen LogP) is 8.50. The van der Waals surface area contributed by atoms with Crippen molar-refractivity contribution in [1.29, 1.82) is 0 Å². The van der Waals surface area contributed by atoms with Crippen molar-refractivity contribution in [2.24, 2.45) is 0 Å². The average Bonchev–Trinajstić information content (AvgIpc) is 2.77. The maximum absolute atomic E-state index is 11.9. The van der Waals surface area contributed by atoms with E-state index in [-0.39, 0.29) is 6.42 Å². The minimum absolute atomic E-state index is 0.282. The Kier molecular flexibility index (Phi) is 25.1. The van der Waals surface area contributed by atoms with Crippen molar-refractivity contribution in [3.05, 3.63) is 0 Å². The molecule has 0 rings (SSSR count). The first-order valence-electron chi connectivity index (χ1n) is 13.8. The third-order valence-electron chi connectivity index (χ3n) is 6.33. The smallest absolute Gasteiger partial charge is 0.303 e. The molecule has 0 aromatic rings. The van der Waals surface area contributed by atoms with Crippen molar-refractivity contribution in [1.82, 2.24) is 0 Å². The van der Waals surface area contributed by atoms with Gasteiger partial charge in [-0.1, -0.05) is 109 Å². The van der Waals surface area contributed by atoms with Gasteiger partial charge in [0.15, 0.2) is 6.29 Å². The Morgan fingerprint density at radius 3 is 1.03 bits per heavy atom. The van der Waals surface area contributed by atoms with E-state index in [1.54, 1.807) is 0 Å². The molecule has 0 bridgehead atoms. The van der Waals surface area contributed by atoms with Crippen molar-refractivity contribution in [3.8, 4) is 0 Å². The molecule has 0 heterocycles. The zero-order valence-corrected chi connectivity index (χ0v) is 20.8. The average molecular weight is 452 g/mol. The topological polar surface area (TPSA) is 71.4 Å². The summed E-state index contributed by atoms with van der Waals surface area (Å²) in [6.45, 7) is 0. The summed E-state index contributed by atoms with van der Waals surface area (Å²) in [7, 11) is 0. The third kappa shape index (κ3) is 26.8. The second-order valence-corrected chi connectivity index (χ2v) is 9.50. The van der Waals surface area contributed by atoms with Crippen LogP contribution in [0.15, 0.2) is 0 Å². The van der Waals surface area contributed by atoms with Gasteiger partial charge in [0.25, 0.3) is 0 Å². The molecular weight excluding hydrogens is 400 g/mol. The number of carbonyl (C=O) groups excluding carboxylic acids is 2. The van der Waals surface area contributed by atoms with Gasteiger partial charge in [0, 0.05) is 25.7 Å². The van der Waals surface area contributed by atoms with Crippen LogP contribution in [0, 0.1) is 0 Å². The van der Waals surface area contributed by atoms with Crippen LogP contribution < -0.4 is 0 Å². The van der Waals surface area contributed by atoms with Gasteiger partial charge in [-0.3, -0.25) is 14.4 Å². The fourth-order valence-electron chi connectivity index (χ4n) is 4.25. The van der Waals surface area contributed by atoms with Gasteiger partial charge in [-0.15, -0.1) is 0 Å². The van der Waals surface area contributed by atoms with Crippen LogP contribution in [0.5, 0.6) is 0 Å². The Labute approximate surface area is 198 Å². The molecule has 0 saturated carbocycles. The van der Waals surface area contributed by atoms with Gasteiger partial charge in [-0.25, -0.2) is 0 Å². The molecule has 0 fully saturated rings. The van der Waals surface area contributed by atoms with E-state index in [0.717, 1.165) is 64.2 Å². The number of Topliss-reactive ketones (excluding diaryl/α,β-unsaturated/α-hetero) is 1. The van der Waals surface area contributed by atoms with Crippen molar-refractivity contribution < 1.29 is 19.5 Å². The normalized spacial score (nSPS) is 11.0. The van der Waals surface area contributed by atoms with E-state index in [2.05, 4.69) is 0 Å². The SMILES string of the molecule is O=[C]CCCCCCCCCCCCCCCCCC(=O)CCCCCCCCC(=O)O. The molecule has 0 saturated heterocycles. The number of carbonyl (C=O) groups is 2.